The maximum Gasteiger partial charge on any atom is 0.106 e. The first-order chi connectivity index (χ1) is 8.35. The quantitative estimate of drug-likeness (QED) is 0.867. The number of thiazole rings is 1. The third-order valence-electron chi connectivity index (χ3n) is 3.83. The van der Waals surface area contributed by atoms with Gasteiger partial charge in [0.05, 0.1) is 5.69 Å². The summed E-state index contributed by atoms with van der Waals surface area (Å²) in [5.74, 6) is 0. The summed E-state index contributed by atoms with van der Waals surface area (Å²) in [6.07, 6.45) is 2.76. The van der Waals surface area contributed by atoms with Gasteiger partial charge in [0.1, 0.15) is 5.01 Å². The zero-order chi connectivity index (χ0) is 11.7. The van der Waals surface area contributed by atoms with E-state index in [1.807, 2.05) is 0 Å². The maximum absolute atomic E-state index is 5.59. The van der Waals surface area contributed by atoms with E-state index >= 15 is 0 Å². The van der Waals surface area contributed by atoms with Crippen LogP contribution in [0.4, 0.5) is 0 Å². The molecule has 0 amide bonds. The lowest BCUT2D eigenvalue weighted by atomic mass is 10.1. The molecule has 0 radical (unpaired) electrons. The molecule has 0 spiro atoms. The highest BCUT2D eigenvalue weighted by molar-refractivity contribution is 7.09. The lowest BCUT2D eigenvalue weighted by molar-refractivity contribution is 0.0985. The summed E-state index contributed by atoms with van der Waals surface area (Å²) in [5.41, 5.74) is 6.79. The fourth-order valence-corrected chi connectivity index (χ4v) is 3.61. The molecule has 4 nitrogen and oxygen atoms in total. The standard InChI is InChI=1S/C12H20N4S/c13-6-12-14-10(9-17-12)7-15-4-5-16-3-1-2-11(16)8-15/h9,11H,1-8,13H2. The van der Waals surface area contributed by atoms with Gasteiger partial charge in [-0.15, -0.1) is 11.3 Å². The largest absolute Gasteiger partial charge is 0.325 e. The van der Waals surface area contributed by atoms with E-state index in [-0.39, 0.29) is 0 Å². The normalized spacial score (nSPS) is 26.3. The van der Waals surface area contributed by atoms with Crippen LogP contribution < -0.4 is 5.73 Å². The minimum atomic E-state index is 0.571. The minimum absolute atomic E-state index is 0.571. The Kier molecular flexibility index (Phi) is 3.42. The molecule has 2 aliphatic rings. The van der Waals surface area contributed by atoms with E-state index in [4.69, 9.17) is 5.73 Å². The van der Waals surface area contributed by atoms with Crippen LogP contribution in [0, 0.1) is 0 Å². The number of aromatic nitrogens is 1. The van der Waals surface area contributed by atoms with Crippen molar-refractivity contribution in [1.29, 1.82) is 0 Å². The summed E-state index contributed by atoms with van der Waals surface area (Å²) in [6.45, 7) is 6.52. The summed E-state index contributed by atoms with van der Waals surface area (Å²) in [5, 5.41) is 3.21. The molecule has 94 valence electrons. The summed E-state index contributed by atoms with van der Waals surface area (Å²) in [7, 11) is 0. The molecule has 2 fully saturated rings. The van der Waals surface area contributed by atoms with Crippen LogP contribution in [0.5, 0.6) is 0 Å². The molecule has 0 aliphatic carbocycles. The van der Waals surface area contributed by atoms with E-state index in [1.165, 1.54) is 44.7 Å². The number of hydrogen-bond donors (Lipinski definition) is 1. The molecule has 0 aromatic carbocycles. The van der Waals surface area contributed by atoms with Crippen LogP contribution in [0.25, 0.3) is 0 Å². The highest BCUT2D eigenvalue weighted by Crippen LogP contribution is 2.22. The van der Waals surface area contributed by atoms with Gasteiger partial charge in [-0.2, -0.15) is 0 Å². The Labute approximate surface area is 106 Å². The number of piperazine rings is 1. The number of hydrogen-bond acceptors (Lipinski definition) is 5. The molecule has 3 heterocycles. The molecule has 1 unspecified atom stereocenters. The third kappa shape index (κ3) is 2.52. The van der Waals surface area contributed by atoms with Gasteiger partial charge < -0.3 is 5.73 Å². The zero-order valence-electron chi connectivity index (χ0n) is 10.1. The second-order valence-electron chi connectivity index (χ2n) is 5.00. The number of nitrogens with zero attached hydrogens (tertiary/aromatic N) is 3. The van der Waals surface area contributed by atoms with Gasteiger partial charge >= 0.3 is 0 Å². The number of fused-ring (bicyclic) bond motifs is 1. The van der Waals surface area contributed by atoms with Crippen molar-refractivity contribution in [3.8, 4) is 0 Å². The highest BCUT2D eigenvalue weighted by Gasteiger charge is 2.30. The minimum Gasteiger partial charge on any atom is -0.325 e. The smallest absolute Gasteiger partial charge is 0.106 e. The molecule has 1 aromatic heterocycles. The topological polar surface area (TPSA) is 45.4 Å². The van der Waals surface area contributed by atoms with Crippen LogP contribution in [0.15, 0.2) is 5.38 Å². The third-order valence-corrected chi connectivity index (χ3v) is 4.75. The van der Waals surface area contributed by atoms with Crippen molar-refractivity contribution >= 4 is 11.3 Å². The van der Waals surface area contributed by atoms with E-state index in [2.05, 4.69) is 20.2 Å². The van der Waals surface area contributed by atoms with Crippen LogP contribution in [0.3, 0.4) is 0 Å². The SMILES string of the molecule is NCc1nc(CN2CCN3CCCC3C2)cs1. The second kappa shape index (κ2) is 5.02. The summed E-state index contributed by atoms with van der Waals surface area (Å²) in [4.78, 5) is 9.73. The van der Waals surface area contributed by atoms with E-state index in [0.29, 0.717) is 6.54 Å². The Bertz CT molecular complexity index is 378. The van der Waals surface area contributed by atoms with Crippen LogP contribution in [0.2, 0.25) is 0 Å². The van der Waals surface area contributed by atoms with Crippen molar-refractivity contribution in [1.82, 2.24) is 14.8 Å². The van der Waals surface area contributed by atoms with Crippen molar-refractivity contribution in [2.24, 2.45) is 5.73 Å². The average Bonchev–Trinajstić information content (AvgIpc) is 2.96. The van der Waals surface area contributed by atoms with Crippen LogP contribution in [-0.4, -0.2) is 47.0 Å². The van der Waals surface area contributed by atoms with Gasteiger partial charge in [-0.05, 0) is 19.4 Å². The Balaban J connectivity index is 1.58. The van der Waals surface area contributed by atoms with Gasteiger partial charge in [-0.1, -0.05) is 0 Å². The molecule has 1 atom stereocenters. The average molecular weight is 252 g/mol. The summed E-state index contributed by atoms with van der Waals surface area (Å²) >= 11 is 1.68. The summed E-state index contributed by atoms with van der Waals surface area (Å²) < 4.78 is 0. The van der Waals surface area contributed by atoms with Gasteiger partial charge in [0.25, 0.3) is 0 Å². The molecule has 5 heteroatoms. The second-order valence-corrected chi connectivity index (χ2v) is 5.95. The molecule has 0 bridgehead atoms. The lowest BCUT2D eigenvalue weighted by Crippen LogP contribution is -2.49. The fourth-order valence-electron chi connectivity index (χ4n) is 2.94. The fraction of sp³-hybridized carbons (Fsp3) is 0.750. The molecular formula is C12H20N4S. The van der Waals surface area contributed by atoms with Gasteiger partial charge in [0.15, 0.2) is 0 Å². The van der Waals surface area contributed by atoms with Crippen molar-refractivity contribution in [2.75, 3.05) is 26.2 Å². The van der Waals surface area contributed by atoms with Gasteiger partial charge in [0, 0.05) is 44.1 Å². The Morgan fingerprint density at radius 2 is 2.35 bits per heavy atom. The Morgan fingerprint density at radius 3 is 3.18 bits per heavy atom. The molecule has 1 aromatic rings. The van der Waals surface area contributed by atoms with Crippen LogP contribution >= 0.6 is 11.3 Å². The first-order valence-electron chi connectivity index (χ1n) is 6.45. The summed E-state index contributed by atoms with van der Waals surface area (Å²) in [6, 6.07) is 0.802. The predicted octanol–water partition coefficient (Wildman–Crippen LogP) is 0.882. The first-order valence-corrected chi connectivity index (χ1v) is 7.33. The number of rotatable bonds is 3. The zero-order valence-corrected chi connectivity index (χ0v) is 11.0. The Hall–Kier alpha value is -0.490. The monoisotopic (exact) mass is 252 g/mol. The van der Waals surface area contributed by atoms with Crippen LogP contribution in [0.1, 0.15) is 23.5 Å². The molecule has 2 aliphatic heterocycles. The Morgan fingerprint density at radius 1 is 1.41 bits per heavy atom. The van der Waals surface area contributed by atoms with Crippen molar-refractivity contribution in [3.63, 3.8) is 0 Å². The molecule has 0 saturated carbocycles. The van der Waals surface area contributed by atoms with E-state index in [0.717, 1.165) is 17.6 Å². The molecule has 17 heavy (non-hydrogen) atoms. The lowest BCUT2D eigenvalue weighted by Gasteiger charge is -2.37. The van der Waals surface area contributed by atoms with E-state index < -0.39 is 0 Å². The molecule has 2 saturated heterocycles. The van der Waals surface area contributed by atoms with Crippen molar-refractivity contribution < 1.29 is 0 Å². The predicted molar refractivity (Wildman–Crippen MR) is 69.9 cm³/mol. The molecule has 2 N–H and O–H groups in total. The number of nitrogens with two attached hydrogens (primary N) is 1. The first kappa shape index (κ1) is 11.6. The van der Waals surface area contributed by atoms with Crippen molar-refractivity contribution in [2.45, 2.75) is 32.0 Å². The van der Waals surface area contributed by atoms with E-state index in [9.17, 15) is 0 Å². The van der Waals surface area contributed by atoms with Gasteiger partial charge in [0.2, 0.25) is 0 Å². The van der Waals surface area contributed by atoms with Crippen molar-refractivity contribution in [3.05, 3.63) is 16.1 Å². The van der Waals surface area contributed by atoms with Gasteiger partial charge in [-0.25, -0.2) is 4.98 Å². The molecular weight excluding hydrogens is 232 g/mol. The highest BCUT2D eigenvalue weighted by atomic mass is 32.1. The van der Waals surface area contributed by atoms with Gasteiger partial charge in [-0.3, -0.25) is 9.80 Å². The molecule has 3 rings (SSSR count). The maximum atomic E-state index is 5.59. The van der Waals surface area contributed by atoms with Crippen LogP contribution in [-0.2, 0) is 13.1 Å². The van der Waals surface area contributed by atoms with E-state index in [1.54, 1.807) is 11.3 Å².